The van der Waals surface area contributed by atoms with Crippen LogP contribution in [0.15, 0.2) is 194 Å². The van der Waals surface area contributed by atoms with Crippen molar-refractivity contribution in [2.45, 2.75) is 0 Å². The highest BCUT2D eigenvalue weighted by atomic mass is 15.2. The van der Waals surface area contributed by atoms with E-state index >= 15 is 0 Å². The molecule has 57 heavy (non-hydrogen) atoms. The van der Waals surface area contributed by atoms with Crippen LogP contribution in [0.2, 0.25) is 0 Å². The third kappa shape index (κ3) is 4.68. The summed E-state index contributed by atoms with van der Waals surface area (Å²) < 4.78 is 7.17. The Morgan fingerprint density at radius 3 is 1.28 bits per heavy atom. The Hall–Kier alpha value is -7.83. The molecule has 6 nitrogen and oxygen atoms in total. The third-order valence-electron chi connectivity index (χ3n) is 11.3. The average molecular weight is 729 g/mol. The quantitative estimate of drug-likeness (QED) is 0.177. The Labute approximate surface area is 327 Å². The molecule has 0 spiro atoms. The Morgan fingerprint density at radius 1 is 0.316 bits per heavy atom. The largest absolute Gasteiger partial charge is 0.309 e. The van der Waals surface area contributed by atoms with Crippen LogP contribution in [0.3, 0.4) is 0 Å². The zero-order valence-electron chi connectivity index (χ0n) is 30.7. The first-order valence-corrected chi connectivity index (χ1v) is 19.2. The minimum absolute atomic E-state index is 0.557. The number of para-hydroxylation sites is 5. The molecule has 0 unspecified atom stereocenters. The standard InChI is InChI=1S/C51H32N6/c1-4-18-33(19-5-1)49-52-50(34-20-6-2-7-21-34)54-51(53-49)57-43-30-16-12-26-38(43)40-32-45-46(39-27-13-17-31-44(39)55(45)35-22-8-3-9-23-35)48(47(40)57)56-41-28-14-10-24-36(41)37-25-11-15-29-42(37)56/h1-32H. The van der Waals surface area contributed by atoms with E-state index in [0.29, 0.717) is 17.6 Å². The summed E-state index contributed by atoms with van der Waals surface area (Å²) in [6.45, 7) is 0. The molecule has 0 saturated heterocycles. The first-order chi connectivity index (χ1) is 28.3. The molecule has 4 heterocycles. The summed E-state index contributed by atoms with van der Waals surface area (Å²) >= 11 is 0. The smallest absolute Gasteiger partial charge is 0.238 e. The molecule has 8 aromatic carbocycles. The topological polar surface area (TPSA) is 53.5 Å². The van der Waals surface area contributed by atoms with Gasteiger partial charge in [-0.05, 0) is 42.5 Å². The lowest BCUT2D eigenvalue weighted by Crippen LogP contribution is -2.08. The van der Waals surface area contributed by atoms with Crippen LogP contribution < -0.4 is 0 Å². The van der Waals surface area contributed by atoms with Gasteiger partial charge < -0.3 is 9.13 Å². The predicted molar refractivity (Wildman–Crippen MR) is 234 cm³/mol. The normalized spacial score (nSPS) is 11.9. The summed E-state index contributed by atoms with van der Waals surface area (Å²) in [4.78, 5) is 15.8. The van der Waals surface area contributed by atoms with E-state index in [-0.39, 0.29) is 0 Å². The first-order valence-electron chi connectivity index (χ1n) is 19.2. The number of aromatic nitrogens is 6. The van der Waals surface area contributed by atoms with Gasteiger partial charge in [-0.2, -0.15) is 9.97 Å². The molecule has 0 atom stereocenters. The zero-order chi connectivity index (χ0) is 37.5. The van der Waals surface area contributed by atoms with Gasteiger partial charge in [0.15, 0.2) is 11.6 Å². The molecule has 12 aromatic rings. The molecule has 0 aliphatic carbocycles. The lowest BCUT2D eigenvalue weighted by Gasteiger charge is -2.17. The minimum Gasteiger partial charge on any atom is -0.309 e. The van der Waals surface area contributed by atoms with Gasteiger partial charge in [0, 0.05) is 49.1 Å². The van der Waals surface area contributed by atoms with E-state index in [2.05, 4.69) is 171 Å². The number of nitrogens with zero attached hydrogens (tertiary/aromatic N) is 6. The van der Waals surface area contributed by atoms with Crippen LogP contribution in [0, 0.1) is 0 Å². The van der Waals surface area contributed by atoms with Crippen LogP contribution in [-0.4, -0.2) is 28.7 Å². The van der Waals surface area contributed by atoms with Crippen molar-refractivity contribution in [2.75, 3.05) is 0 Å². The molecule has 4 aromatic heterocycles. The van der Waals surface area contributed by atoms with Crippen molar-refractivity contribution in [1.29, 1.82) is 0 Å². The molecule has 0 fully saturated rings. The van der Waals surface area contributed by atoms with E-state index in [0.717, 1.165) is 77.1 Å². The van der Waals surface area contributed by atoms with Gasteiger partial charge in [-0.1, -0.05) is 152 Å². The van der Waals surface area contributed by atoms with Crippen LogP contribution in [0.1, 0.15) is 0 Å². The lowest BCUT2D eigenvalue weighted by molar-refractivity contribution is 0.950. The van der Waals surface area contributed by atoms with Gasteiger partial charge in [0.05, 0.1) is 38.8 Å². The van der Waals surface area contributed by atoms with E-state index in [1.165, 1.54) is 10.8 Å². The van der Waals surface area contributed by atoms with E-state index in [4.69, 9.17) is 15.0 Å². The first kappa shape index (κ1) is 31.5. The van der Waals surface area contributed by atoms with Gasteiger partial charge in [0.25, 0.3) is 0 Å². The molecule has 6 heteroatoms. The number of fused-ring (bicyclic) bond motifs is 9. The summed E-state index contributed by atoms with van der Waals surface area (Å²) in [6.07, 6.45) is 0. The summed E-state index contributed by atoms with van der Waals surface area (Å²) in [5.41, 5.74) is 10.6. The number of rotatable bonds is 5. The highest BCUT2D eigenvalue weighted by Gasteiger charge is 2.27. The molecular formula is C51H32N6. The number of hydrogen-bond donors (Lipinski definition) is 0. The Morgan fingerprint density at radius 2 is 0.737 bits per heavy atom. The molecular weight excluding hydrogens is 697 g/mol. The van der Waals surface area contributed by atoms with Crippen LogP contribution in [0.25, 0.3) is 106 Å². The minimum atomic E-state index is 0.557. The fraction of sp³-hybridized carbons (Fsp3) is 0. The van der Waals surface area contributed by atoms with Crippen molar-refractivity contribution in [1.82, 2.24) is 28.7 Å². The van der Waals surface area contributed by atoms with Gasteiger partial charge in [-0.3, -0.25) is 4.57 Å². The van der Waals surface area contributed by atoms with Gasteiger partial charge in [-0.25, -0.2) is 4.98 Å². The SMILES string of the molecule is c1ccc(-c2nc(-c3ccccc3)nc(-n3c4ccccc4c4cc5c(c(-n6c7ccccc7c7ccccc76)c43)c3ccccc3n5-c3ccccc3)n2)cc1. The van der Waals surface area contributed by atoms with Gasteiger partial charge in [0.1, 0.15) is 0 Å². The summed E-state index contributed by atoms with van der Waals surface area (Å²) in [7, 11) is 0. The van der Waals surface area contributed by atoms with Crippen molar-refractivity contribution in [3.8, 4) is 40.1 Å². The van der Waals surface area contributed by atoms with E-state index in [1.807, 2.05) is 36.4 Å². The number of benzene rings is 8. The van der Waals surface area contributed by atoms with Crippen molar-refractivity contribution in [3.05, 3.63) is 194 Å². The summed E-state index contributed by atoms with van der Waals surface area (Å²) in [5, 5.41) is 6.94. The second-order valence-electron chi connectivity index (χ2n) is 14.4. The van der Waals surface area contributed by atoms with Crippen molar-refractivity contribution in [2.24, 2.45) is 0 Å². The molecule has 0 bridgehead atoms. The van der Waals surface area contributed by atoms with Crippen molar-refractivity contribution in [3.63, 3.8) is 0 Å². The molecule has 0 N–H and O–H groups in total. The second kappa shape index (κ2) is 12.3. The molecule has 0 saturated carbocycles. The fourth-order valence-electron chi connectivity index (χ4n) is 8.89. The monoisotopic (exact) mass is 728 g/mol. The Balaban J connectivity index is 1.34. The van der Waals surface area contributed by atoms with Gasteiger partial charge in [0.2, 0.25) is 5.95 Å². The summed E-state index contributed by atoms with van der Waals surface area (Å²) in [5.74, 6) is 1.79. The number of hydrogen-bond acceptors (Lipinski definition) is 3. The third-order valence-corrected chi connectivity index (χ3v) is 11.3. The molecule has 0 aliphatic heterocycles. The maximum atomic E-state index is 5.34. The molecule has 0 aliphatic rings. The Kier molecular flexibility index (Phi) is 6.83. The van der Waals surface area contributed by atoms with E-state index in [9.17, 15) is 0 Å². The summed E-state index contributed by atoms with van der Waals surface area (Å²) in [6, 6.07) is 68.4. The maximum Gasteiger partial charge on any atom is 0.238 e. The van der Waals surface area contributed by atoms with Gasteiger partial charge in [-0.15, -0.1) is 0 Å². The molecule has 0 amide bonds. The van der Waals surface area contributed by atoms with E-state index < -0.39 is 0 Å². The van der Waals surface area contributed by atoms with E-state index in [1.54, 1.807) is 0 Å². The maximum absolute atomic E-state index is 5.34. The molecule has 266 valence electrons. The van der Waals surface area contributed by atoms with Crippen LogP contribution in [0.5, 0.6) is 0 Å². The average Bonchev–Trinajstić information content (AvgIpc) is 3.92. The second-order valence-corrected chi connectivity index (χ2v) is 14.4. The van der Waals surface area contributed by atoms with Gasteiger partial charge >= 0.3 is 0 Å². The zero-order valence-corrected chi connectivity index (χ0v) is 30.7. The molecule has 12 rings (SSSR count). The highest BCUT2D eigenvalue weighted by Crippen LogP contribution is 2.46. The van der Waals surface area contributed by atoms with Crippen LogP contribution in [-0.2, 0) is 0 Å². The molecule has 0 radical (unpaired) electrons. The predicted octanol–water partition coefficient (Wildman–Crippen LogP) is 12.5. The van der Waals surface area contributed by atoms with Crippen molar-refractivity contribution < 1.29 is 0 Å². The van der Waals surface area contributed by atoms with Crippen molar-refractivity contribution >= 4 is 65.4 Å². The highest BCUT2D eigenvalue weighted by molar-refractivity contribution is 6.25. The van der Waals surface area contributed by atoms with Crippen LogP contribution in [0.4, 0.5) is 0 Å². The van der Waals surface area contributed by atoms with Crippen LogP contribution >= 0.6 is 0 Å². The fourth-order valence-corrected chi connectivity index (χ4v) is 8.89. The lowest BCUT2D eigenvalue weighted by atomic mass is 10.1. The Bertz CT molecular complexity index is 3390.